The van der Waals surface area contributed by atoms with Crippen LogP contribution in [0.25, 0.3) is 5.69 Å². The van der Waals surface area contributed by atoms with Gasteiger partial charge >= 0.3 is 0 Å². The predicted octanol–water partition coefficient (Wildman–Crippen LogP) is 4.08. The van der Waals surface area contributed by atoms with Crippen LogP contribution in [-0.4, -0.2) is 64.7 Å². The molecule has 2 heterocycles. The molecule has 5 rings (SSSR count). The summed E-state index contributed by atoms with van der Waals surface area (Å²) in [5.41, 5.74) is 1.32. The number of methoxy groups -OCH3 is 1. The van der Waals surface area contributed by atoms with E-state index in [9.17, 15) is 14.4 Å². The van der Waals surface area contributed by atoms with Gasteiger partial charge in [0.2, 0.25) is 5.91 Å². The molecule has 2 amide bonds. The minimum atomic E-state index is -0.427. The maximum absolute atomic E-state index is 13.7. The minimum Gasteiger partial charge on any atom is -0.497 e. The lowest BCUT2D eigenvalue weighted by molar-refractivity contribution is -0.130. The number of para-hydroxylation sites is 1. The summed E-state index contributed by atoms with van der Waals surface area (Å²) in [6.07, 6.45) is 1.47. The Morgan fingerprint density at radius 3 is 2.27 bits per heavy atom. The van der Waals surface area contributed by atoms with Gasteiger partial charge in [0.1, 0.15) is 11.5 Å². The molecule has 1 aliphatic heterocycles. The summed E-state index contributed by atoms with van der Waals surface area (Å²) in [4.78, 5) is 42.0. The van der Waals surface area contributed by atoms with Crippen molar-refractivity contribution in [1.82, 2.24) is 19.6 Å². The summed E-state index contributed by atoms with van der Waals surface area (Å²) in [5.74, 6) is 1.14. The molecule has 1 aliphatic rings. The van der Waals surface area contributed by atoms with Crippen molar-refractivity contribution in [2.75, 3.05) is 38.6 Å². The summed E-state index contributed by atoms with van der Waals surface area (Å²) >= 11 is 0. The zero-order valence-corrected chi connectivity index (χ0v) is 22.2. The fourth-order valence-corrected chi connectivity index (χ4v) is 4.46. The Balaban J connectivity index is 1.46. The van der Waals surface area contributed by atoms with Gasteiger partial charge in [-0.1, -0.05) is 30.3 Å². The molecule has 10 nitrogen and oxygen atoms in total. The van der Waals surface area contributed by atoms with E-state index >= 15 is 0 Å². The molecule has 1 aromatic heterocycles. The van der Waals surface area contributed by atoms with Crippen molar-refractivity contribution in [2.45, 2.75) is 6.92 Å². The van der Waals surface area contributed by atoms with Gasteiger partial charge in [0.05, 0.1) is 19.0 Å². The Labute approximate surface area is 231 Å². The smallest absolute Gasteiger partial charge is 0.299 e. The number of piperazine rings is 1. The number of anilines is 2. The van der Waals surface area contributed by atoms with Gasteiger partial charge in [-0.25, -0.2) is 0 Å². The second kappa shape index (κ2) is 11.7. The zero-order valence-electron chi connectivity index (χ0n) is 22.2. The average Bonchev–Trinajstić information content (AvgIpc) is 2.99. The maximum Gasteiger partial charge on any atom is 0.299 e. The lowest BCUT2D eigenvalue weighted by Crippen LogP contribution is -2.50. The van der Waals surface area contributed by atoms with Gasteiger partial charge in [-0.3, -0.25) is 14.4 Å². The van der Waals surface area contributed by atoms with Crippen LogP contribution in [0.2, 0.25) is 0 Å². The quantitative estimate of drug-likeness (QED) is 0.377. The fourth-order valence-electron chi connectivity index (χ4n) is 4.46. The van der Waals surface area contributed by atoms with E-state index in [-0.39, 0.29) is 23.3 Å². The molecule has 0 bridgehead atoms. The number of hydrogen-bond acceptors (Lipinski definition) is 7. The first-order valence-electron chi connectivity index (χ1n) is 12.8. The van der Waals surface area contributed by atoms with Gasteiger partial charge in [-0.15, -0.1) is 0 Å². The van der Waals surface area contributed by atoms with Crippen molar-refractivity contribution in [3.63, 3.8) is 0 Å². The minimum absolute atomic E-state index is 0.00350. The molecular weight excluding hydrogens is 510 g/mol. The van der Waals surface area contributed by atoms with E-state index in [4.69, 9.17) is 9.47 Å². The number of rotatable bonds is 7. The Bertz CT molecular complexity index is 1580. The topological polar surface area (TPSA) is 106 Å². The molecule has 0 aliphatic carbocycles. The number of aromatic nitrogens is 2. The lowest BCUT2D eigenvalue weighted by Gasteiger charge is -2.34. The third-order valence-corrected chi connectivity index (χ3v) is 6.60. The molecule has 1 fully saturated rings. The molecule has 0 saturated carbocycles. The van der Waals surface area contributed by atoms with Gasteiger partial charge in [0.15, 0.2) is 11.4 Å². The number of nitrogens with zero attached hydrogens (tertiary/aromatic N) is 4. The van der Waals surface area contributed by atoms with Gasteiger partial charge in [-0.05, 0) is 42.5 Å². The number of nitrogens with one attached hydrogen (secondary N) is 1. The Hall–Kier alpha value is -5.12. The normalized spacial score (nSPS) is 13.1. The Morgan fingerprint density at radius 1 is 0.850 bits per heavy atom. The number of ether oxygens (including phenoxy) is 2. The third-order valence-electron chi connectivity index (χ3n) is 6.60. The van der Waals surface area contributed by atoms with E-state index in [0.29, 0.717) is 54.6 Å². The van der Waals surface area contributed by atoms with Crippen molar-refractivity contribution < 1.29 is 19.1 Å². The van der Waals surface area contributed by atoms with Crippen LogP contribution in [0.5, 0.6) is 17.2 Å². The Morgan fingerprint density at radius 2 is 1.55 bits per heavy atom. The maximum atomic E-state index is 13.7. The van der Waals surface area contributed by atoms with E-state index in [1.54, 1.807) is 77.6 Å². The molecule has 10 heteroatoms. The second-order valence-corrected chi connectivity index (χ2v) is 9.22. The van der Waals surface area contributed by atoms with Crippen LogP contribution in [0.1, 0.15) is 17.3 Å². The SMILES string of the molecule is COc1cccc(Oc2cnn(-c3ccccc3)c(=O)c2Nc2cccc(C(=O)N3CCN(C(C)=O)CC3)c2)c1. The summed E-state index contributed by atoms with van der Waals surface area (Å²) < 4.78 is 12.6. The number of carbonyl (C=O) groups excluding carboxylic acids is 2. The van der Waals surface area contributed by atoms with E-state index < -0.39 is 5.56 Å². The summed E-state index contributed by atoms with van der Waals surface area (Å²) in [5, 5.41) is 7.50. The Kier molecular flexibility index (Phi) is 7.77. The van der Waals surface area contributed by atoms with Crippen molar-refractivity contribution in [3.05, 3.63) is 101 Å². The van der Waals surface area contributed by atoms with Crippen LogP contribution >= 0.6 is 0 Å². The average molecular weight is 540 g/mol. The first-order chi connectivity index (χ1) is 19.4. The van der Waals surface area contributed by atoms with Crippen molar-refractivity contribution in [1.29, 1.82) is 0 Å². The summed E-state index contributed by atoms with van der Waals surface area (Å²) in [7, 11) is 1.56. The fraction of sp³-hybridized carbons (Fsp3) is 0.200. The summed E-state index contributed by atoms with van der Waals surface area (Å²) in [6.45, 7) is 3.45. The predicted molar refractivity (Wildman–Crippen MR) is 151 cm³/mol. The third kappa shape index (κ3) is 5.80. The molecule has 1 N–H and O–H groups in total. The first-order valence-corrected chi connectivity index (χ1v) is 12.8. The van der Waals surface area contributed by atoms with Gasteiger partial charge in [0, 0.05) is 50.4 Å². The van der Waals surface area contributed by atoms with Gasteiger partial charge < -0.3 is 24.6 Å². The van der Waals surface area contributed by atoms with Crippen LogP contribution in [0.4, 0.5) is 11.4 Å². The first kappa shape index (κ1) is 26.5. The molecule has 0 unspecified atom stereocenters. The molecule has 0 atom stereocenters. The molecule has 204 valence electrons. The van der Waals surface area contributed by atoms with Crippen LogP contribution in [0.15, 0.2) is 89.9 Å². The van der Waals surface area contributed by atoms with Crippen molar-refractivity contribution in [2.24, 2.45) is 0 Å². The highest BCUT2D eigenvalue weighted by atomic mass is 16.5. The molecule has 1 saturated heterocycles. The molecular formula is C30H29N5O5. The van der Waals surface area contributed by atoms with Crippen LogP contribution < -0.4 is 20.3 Å². The lowest BCUT2D eigenvalue weighted by atomic mass is 10.1. The second-order valence-electron chi connectivity index (χ2n) is 9.22. The monoisotopic (exact) mass is 539 g/mol. The van der Waals surface area contributed by atoms with E-state index in [0.717, 1.165) is 0 Å². The zero-order chi connectivity index (χ0) is 28.1. The highest BCUT2D eigenvalue weighted by Crippen LogP contribution is 2.31. The highest BCUT2D eigenvalue weighted by Gasteiger charge is 2.24. The number of carbonyl (C=O) groups is 2. The van der Waals surface area contributed by atoms with Crippen LogP contribution in [0.3, 0.4) is 0 Å². The number of amides is 2. The van der Waals surface area contributed by atoms with E-state index in [1.807, 2.05) is 18.2 Å². The van der Waals surface area contributed by atoms with Gasteiger partial charge in [0.25, 0.3) is 11.5 Å². The van der Waals surface area contributed by atoms with Crippen LogP contribution in [-0.2, 0) is 4.79 Å². The van der Waals surface area contributed by atoms with Gasteiger partial charge in [-0.2, -0.15) is 9.78 Å². The van der Waals surface area contributed by atoms with Crippen molar-refractivity contribution >= 4 is 23.2 Å². The molecule has 4 aromatic rings. The largest absolute Gasteiger partial charge is 0.497 e. The molecule has 3 aromatic carbocycles. The van der Waals surface area contributed by atoms with E-state index in [1.165, 1.54) is 17.8 Å². The number of benzene rings is 3. The van der Waals surface area contributed by atoms with E-state index in [2.05, 4.69) is 10.4 Å². The molecule has 0 radical (unpaired) electrons. The molecule has 40 heavy (non-hydrogen) atoms. The standard InChI is InChI=1S/C30H29N5O5/c1-21(36)33-14-16-34(17-15-33)29(37)22-8-6-9-23(18-22)32-28-27(40-26-13-7-12-25(19-26)39-2)20-31-35(30(28)38)24-10-4-3-5-11-24/h3-13,18-20,32H,14-17H2,1-2H3. The number of hydrogen-bond donors (Lipinski definition) is 1. The summed E-state index contributed by atoms with van der Waals surface area (Å²) in [6, 6.07) is 23.0. The van der Waals surface area contributed by atoms with Crippen molar-refractivity contribution in [3.8, 4) is 22.9 Å². The highest BCUT2D eigenvalue weighted by molar-refractivity contribution is 5.95. The van der Waals surface area contributed by atoms with Crippen LogP contribution in [0, 0.1) is 0 Å². The molecule has 0 spiro atoms.